The van der Waals surface area contributed by atoms with Crippen molar-refractivity contribution in [3.05, 3.63) is 76.5 Å². The number of nitrogens with one attached hydrogen (secondary N) is 1. The van der Waals surface area contributed by atoms with Gasteiger partial charge in [-0.05, 0) is 61.7 Å². The zero-order valence-corrected chi connectivity index (χ0v) is 24.4. The first-order valence-electron chi connectivity index (χ1n) is 13.1. The Kier molecular flexibility index (Phi) is 11.8. The van der Waals surface area contributed by atoms with Crippen LogP contribution in [0, 0.1) is 0 Å². The summed E-state index contributed by atoms with van der Waals surface area (Å²) in [4.78, 5) is 12.6. The summed E-state index contributed by atoms with van der Waals surface area (Å²) in [6, 6.07) is 4.55. The van der Waals surface area contributed by atoms with Crippen LogP contribution in [0.4, 0.5) is 45.2 Å². The average Bonchev–Trinajstić information content (AvgIpc) is 3.25. The number of hydrogen-bond donors (Lipinski definition) is 2. The molecule has 1 atom stereocenters. The van der Waals surface area contributed by atoms with Crippen LogP contribution in [-0.2, 0) is 36.4 Å². The maximum absolute atomic E-state index is 13.5. The molecule has 1 heterocycles. The minimum atomic E-state index is -5.00. The summed E-state index contributed by atoms with van der Waals surface area (Å²) in [7, 11) is 1.45. The van der Waals surface area contributed by atoms with E-state index >= 15 is 0 Å². The molecular formula is C28H31ClF9N4O2+. The van der Waals surface area contributed by atoms with Gasteiger partial charge in [-0.2, -0.15) is 44.1 Å². The van der Waals surface area contributed by atoms with Crippen molar-refractivity contribution in [1.29, 1.82) is 0 Å². The molecule has 1 unspecified atom stereocenters. The summed E-state index contributed by atoms with van der Waals surface area (Å²) >= 11 is 0. The number of rotatable bonds is 11. The Morgan fingerprint density at radius 3 is 2.02 bits per heavy atom. The fourth-order valence-electron chi connectivity index (χ4n) is 4.63. The number of aliphatic carboxylic acids is 1. The third-order valence-corrected chi connectivity index (χ3v) is 6.70. The highest BCUT2D eigenvalue weighted by atomic mass is 35.5. The van der Waals surface area contributed by atoms with Crippen molar-refractivity contribution < 1.29 is 54.0 Å². The number of alkyl halides is 9. The SMILES string of the molecule is CCN(CCCCC(=O)O)c1ccc(C(F)(F)F)cc1CNC1=N[N+](C)(Cc2cc(C(F)(F)F)cc(C(F)(F)F)c2)C=C1.Cl. The van der Waals surface area contributed by atoms with E-state index in [0.717, 1.165) is 12.1 Å². The van der Waals surface area contributed by atoms with Gasteiger partial charge in [0, 0.05) is 43.4 Å². The van der Waals surface area contributed by atoms with Gasteiger partial charge in [0.05, 0.1) is 23.7 Å². The smallest absolute Gasteiger partial charge is 0.416 e. The fraction of sp³-hybridized carbons (Fsp3) is 0.429. The lowest BCUT2D eigenvalue weighted by atomic mass is 10.0. The van der Waals surface area contributed by atoms with E-state index in [-0.39, 0.29) is 54.9 Å². The van der Waals surface area contributed by atoms with Gasteiger partial charge in [-0.1, -0.05) is 5.10 Å². The number of anilines is 1. The molecule has 0 aliphatic carbocycles. The molecule has 0 radical (unpaired) electrons. The van der Waals surface area contributed by atoms with Crippen molar-refractivity contribution in [3.8, 4) is 0 Å². The van der Waals surface area contributed by atoms with Crippen molar-refractivity contribution in [3.63, 3.8) is 0 Å². The highest BCUT2D eigenvalue weighted by molar-refractivity contribution is 5.93. The molecule has 2 N–H and O–H groups in total. The van der Waals surface area contributed by atoms with Gasteiger partial charge in [0.1, 0.15) is 12.7 Å². The fourth-order valence-corrected chi connectivity index (χ4v) is 4.63. The van der Waals surface area contributed by atoms with Crippen LogP contribution in [0.25, 0.3) is 0 Å². The van der Waals surface area contributed by atoms with E-state index in [1.54, 1.807) is 6.92 Å². The lowest BCUT2D eigenvalue weighted by Gasteiger charge is -2.27. The van der Waals surface area contributed by atoms with E-state index in [4.69, 9.17) is 5.11 Å². The topological polar surface area (TPSA) is 64.9 Å². The second-order valence-corrected chi connectivity index (χ2v) is 10.2. The van der Waals surface area contributed by atoms with E-state index < -0.39 is 45.8 Å². The largest absolute Gasteiger partial charge is 0.481 e. The molecule has 6 nitrogen and oxygen atoms in total. The van der Waals surface area contributed by atoms with Crippen molar-refractivity contribution in [1.82, 2.24) is 5.32 Å². The van der Waals surface area contributed by atoms with Crippen LogP contribution in [0.15, 0.2) is 53.8 Å². The zero-order valence-electron chi connectivity index (χ0n) is 23.6. The monoisotopic (exact) mass is 661 g/mol. The predicted molar refractivity (Wildman–Crippen MR) is 148 cm³/mol. The Morgan fingerprint density at radius 1 is 0.909 bits per heavy atom. The standard InChI is InChI=1S/C28H29F9N4O2.ClH/c1-3-40(10-5-4-6-25(42)43)23-8-7-20(26(29,30)31)14-19(23)16-38-24-9-11-41(2,39-24)17-18-12-21(27(32,33)34)15-22(13-18)28(35,36)37;/h7-9,11-15H,3-6,10,16-17H2,1-2H3,(H-,38,39,42,43);1H/p+1. The highest BCUT2D eigenvalue weighted by Crippen LogP contribution is 2.37. The van der Waals surface area contributed by atoms with Crippen LogP contribution >= 0.6 is 12.4 Å². The van der Waals surface area contributed by atoms with Gasteiger partial charge in [0.2, 0.25) is 0 Å². The lowest BCUT2D eigenvalue weighted by Crippen LogP contribution is -2.32. The normalized spacial score (nSPS) is 16.8. The van der Waals surface area contributed by atoms with Gasteiger partial charge in [0.15, 0.2) is 5.84 Å². The Morgan fingerprint density at radius 2 is 1.50 bits per heavy atom. The number of carboxylic acid groups (broad SMARTS) is 1. The first-order valence-corrected chi connectivity index (χ1v) is 13.1. The number of hydrogen-bond acceptors (Lipinski definition) is 4. The minimum absolute atomic E-state index is 0. The van der Waals surface area contributed by atoms with E-state index in [2.05, 4.69) is 10.4 Å². The summed E-state index contributed by atoms with van der Waals surface area (Å²) in [6.07, 6.45) is -10.9. The molecule has 0 spiro atoms. The molecule has 0 bridgehead atoms. The number of benzene rings is 2. The first kappa shape index (κ1) is 36.7. The summed E-state index contributed by atoms with van der Waals surface area (Å²) in [5.41, 5.74) is -3.29. The van der Waals surface area contributed by atoms with Gasteiger partial charge in [0.25, 0.3) is 0 Å². The summed E-state index contributed by atoms with van der Waals surface area (Å²) < 4.78 is 120. The molecule has 2 aromatic carbocycles. The van der Waals surface area contributed by atoms with E-state index in [0.29, 0.717) is 43.8 Å². The molecule has 0 saturated heterocycles. The Bertz CT molecular complexity index is 1340. The molecule has 16 heteroatoms. The molecule has 244 valence electrons. The van der Waals surface area contributed by atoms with E-state index in [1.807, 2.05) is 4.90 Å². The molecular weight excluding hydrogens is 631 g/mol. The Balaban J connectivity index is 0.00000675. The molecule has 0 amide bonds. The number of halogens is 10. The second-order valence-electron chi connectivity index (χ2n) is 10.2. The number of carbonyl (C=O) groups is 1. The molecule has 0 fully saturated rings. The summed E-state index contributed by atoms with van der Waals surface area (Å²) in [5.74, 6) is -0.787. The number of carboxylic acids is 1. The third kappa shape index (κ3) is 10.0. The summed E-state index contributed by atoms with van der Waals surface area (Å²) in [5, 5.41) is 16.1. The Labute approximate surface area is 253 Å². The number of quaternary nitrogens is 1. The van der Waals surface area contributed by atoms with Crippen molar-refractivity contribution in [2.75, 3.05) is 25.0 Å². The van der Waals surface area contributed by atoms with Crippen LogP contribution in [-0.4, -0.2) is 41.6 Å². The molecule has 0 saturated carbocycles. The predicted octanol–water partition coefficient (Wildman–Crippen LogP) is 7.82. The van der Waals surface area contributed by atoms with Gasteiger partial charge in [-0.15, -0.1) is 12.4 Å². The maximum Gasteiger partial charge on any atom is 0.416 e. The first-order chi connectivity index (χ1) is 19.8. The molecule has 1 aliphatic rings. The van der Waals surface area contributed by atoms with Crippen LogP contribution in [0.2, 0.25) is 0 Å². The van der Waals surface area contributed by atoms with Crippen LogP contribution in [0.5, 0.6) is 0 Å². The average molecular weight is 662 g/mol. The third-order valence-electron chi connectivity index (χ3n) is 6.70. The number of unbranched alkanes of at least 4 members (excludes halogenated alkanes) is 1. The molecule has 0 aromatic heterocycles. The minimum Gasteiger partial charge on any atom is -0.481 e. The van der Waals surface area contributed by atoms with Crippen molar-refractivity contribution >= 4 is 29.9 Å². The molecule has 3 rings (SSSR count). The lowest BCUT2D eigenvalue weighted by molar-refractivity contribution is -0.877. The quantitative estimate of drug-likeness (QED) is 0.146. The maximum atomic E-state index is 13.5. The molecule has 2 aromatic rings. The molecule has 1 aliphatic heterocycles. The van der Waals surface area contributed by atoms with Crippen LogP contribution in [0.3, 0.4) is 0 Å². The second kappa shape index (κ2) is 14.1. The van der Waals surface area contributed by atoms with Crippen molar-refractivity contribution in [2.24, 2.45) is 5.10 Å². The van der Waals surface area contributed by atoms with Crippen LogP contribution in [0.1, 0.15) is 54.0 Å². The van der Waals surface area contributed by atoms with Gasteiger partial charge in [-0.25, -0.2) is 0 Å². The van der Waals surface area contributed by atoms with Crippen LogP contribution < -0.4 is 10.2 Å². The van der Waals surface area contributed by atoms with Gasteiger partial charge >= 0.3 is 24.5 Å². The van der Waals surface area contributed by atoms with Crippen molar-refractivity contribution in [2.45, 2.75) is 57.8 Å². The van der Waals surface area contributed by atoms with Gasteiger partial charge in [-0.3, -0.25) is 4.79 Å². The van der Waals surface area contributed by atoms with Gasteiger partial charge < -0.3 is 15.3 Å². The highest BCUT2D eigenvalue weighted by Gasteiger charge is 2.38. The number of amidine groups is 1. The number of nitrogens with zero attached hydrogens (tertiary/aromatic N) is 3. The summed E-state index contributed by atoms with van der Waals surface area (Å²) in [6.45, 7) is 2.14. The van der Waals surface area contributed by atoms with E-state index in [9.17, 15) is 44.3 Å². The molecule has 44 heavy (non-hydrogen) atoms. The van der Waals surface area contributed by atoms with E-state index in [1.165, 1.54) is 25.4 Å². The Hall–Kier alpha value is -3.46. The zero-order chi connectivity index (χ0) is 32.2.